The van der Waals surface area contributed by atoms with Crippen LogP contribution in [0.2, 0.25) is 0 Å². The number of carbonyl (C=O) groups is 1. The summed E-state index contributed by atoms with van der Waals surface area (Å²) in [6.45, 7) is -0.343. The molecule has 1 atom stereocenters. The molecule has 0 bridgehead atoms. The summed E-state index contributed by atoms with van der Waals surface area (Å²) in [7, 11) is 0. The number of hydrogen-bond donors (Lipinski definition) is 1. The smallest absolute Gasteiger partial charge is 0.285 e. The van der Waals surface area contributed by atoms with E-state index in [4.69, 9.17) is 4.42 Å². The number of nitrogens with zero attached hydrogens (tertiary/aromatic N) is 2. The van der Waals surface area contributed by atoms with Crippen LogP contribution in [0.1, 0.15) is 17.4 Å². The molecule has 1 unspecified atom stereocenters. The number of nitrogens with one attached hydrogen (secondary N) is 1. The Morgan fingerprint density at radius 2 is 1.92 bits per heavy atom. The summed E-state index contributed by atoms with van der Waals surface area (Å²) in [6.07, 6.45) is 2.55. The number of benzene rings is 1. The fourth-order valence-electron chi connectivity index (χ4n) is 2.53. The normalized spacial score (nSPS) is 11.7. The Labute approximate surface area is 147 Å². The molecule has 3 aromatic rings. The molecule has 132 valence electrons. The summed E-state index contributed by atoms with van der Waals surface area (Å²) in [5.74, 6) is 0.0637. The molecule has 0 spiro atoms. The fraction of sp³-hybridized carbons (Fsp3) is 0.111. The molecule has 1 aromatic carbocycles. The average Bonchev–Trinajstić information content (AvgIpc) is 3.16. The lowest BCUT2D eigenvalue weighted by atomic mass is 10.0. The van der Waals surface area contributed by atoms with Gasteiger partial charge < -0.3 is 9.73 Å². The lowest BCUT2D eigenvalue weighted by Gasteiger charge is -2.17. The van der Waals surface area contributed by atoms with Gasteiger partial charge in [0.05, 0.1) is 17.4 Å². The number of pyridine rings is 1. The molecule has 2 heterocycles. The highest BCUT2D eigenvalue weighted by Gasteiger charge is 2.20. The van der Waals surface area contributed by atoms with Gasteiger partial charge in [-0.1, -0.05) is 30.3 Å². The SMILES string of the molecule is O=C(Cn1cc([N+](=O)[O-])ccc1=O)NC(c1ccccc1)c1ccco1. The Hall–Kier alpha value is -3.68. The second kappa shape index (κ2) is 7.47. The zero-order valence-corrected chi connectivity index (χ0v) is 13.6. The van der Waals surface area contributed by atoms with Gasteiger partial charge in [-0.05, 0) is 17.7 Å². The first-order chi connectivity index (χ1) is 12.5. The number of hydrogen-bond acceptors (Lipinski definition) is 5. The van der Waals surface area contributed by atoms with Crippen molar-refractivity contribution in [3.8, 4) is 0 Å². The van der Waals surface area contributed by atoms with Gasteiger partial charge in [0, 0.05) is 12.1 Å². The first kappa shape index (κ1) is 17.2. The molecule has 0 saturated heterocycles. The highest BCUT2D eigenvalue weighted by Crippen LogP contribution is 2.22. The molecule has 0 aliphatic rings. The third kappa shape index (κ3) is 3.86. The van der Waals surface area contributed by atoms with E-state index < -0.39 is 22.4 Å². The summed E-state index contributed by atoms with van der Waals surface area (Å²) in [4.78, 5) is 34.5. The van der Waals surface area contributed by atoms with Gasteiger partial charge in [-0.15, -0.1) is 0 Å². The van der Waals surface area contributed by atoms with Crippen molar-refractivity contribution in [2.24, 2.45) is 0 Å². The first-order valence-corrected chi connectivity index (χ1v) is 7.77. The van der Waals surface area contributed by atoms with Crippen LogP contribution in [0.3, 0.4) is 0 Å². The highest BCUT2D eigenvalue weighted by molar-refractivity contribution is 5.76. The van der Waals surface area contributed by atoms with E-state index in [0.717, 1.165) is 28.5 Å². The summed E-state index contributed by atoms with van der Waals surface area (Å²) >= 11 is 0. The highest BCUT2D eigenvalue weighted by atomic mass is 16.6. The van der Waals surface area contributed by atoms with Crippen LogP contribution in [0.15, 0.2) is 76.3 Å². The summed E-state index contributed by atoms with van der Waals surface area (Å²) in [5.41, 5.74) is 0.0465. The number of rotatable bonds is 6. The standard InChI is InChI=1S/C18H15N3O5/c22-16(12-20-11-14(21(24)25)8-9-17(20)23)19-18(15-7-4-10-26-15)13-5-2-1-3-6-13/h1-11,18H,12H2,(H,19,22). The van der Waals surface area contributed by atoms with Crippen molar-refractivity contribution in [3.63, 3.8) is 0 Å². The first-order valence-electron chi connectivity index (χ1n) is 7.77. The van der Waals surface area contributed by atoms with Gasteiger partial charge in [-0.3, -0.25) is 24.3 Å². The largest absolute Gasteiger partial charge is 0.467 e. The van der Waals surface area contributed by atoms with Crippen LogP contribution < -0.4 is 10.9 Å². The van der Waals surface area contributed by atoms with Crippen LogP contribution in [0.5, 0.6) is 0 Å². The second-order valence-electron chi connectivity index (χ2n) is 5.54. The number of carbonyl (C=O) groups excluding carboxylic acids is 1. The van der Waals surface area contributed by atoms with E-state index in [9.17, 15) is 19.7 Å². The molecule has 3 rings (SSSR count). The maximum atomic E-state index is 12.4. The molecular weight excluding hydrogens is 338 g/mol. The molecule has 2 aromatic heterocycles. The zero-order chi connectivity index (χ0) is 18.5. The molecule has 26 heavy (non-hydrogen) atoms. The Morgan fingerprint density at radius 3 is 2.58 bits per heavy atom. The summed E-state index contributed by atoms with van der Waals surface area (Å²) < 4.78 is 6.40. The van der Waals surface area contributed by atoms with Gasteiger partial charge >= 0.3 is 0 Å². The Balaban J connectivity index is 1.82. The van der Waals surface area contributed by atoms with Crippen molar-refractivity contribution >= 4 is 11.6 Å². The second-order valence-corrected chi connectivity index (χ2v) is 5.54. The maximum absolute atomic E-state index is 12.4. The zero-order valence-electron chi connectivity index (χ0n) is 13.6. The van der Waals surface area contributed by atoms with Crippen LogP contribution in [-0.4, -0.2) is 15.4 Å². The topological polar surface area (TPSA) is 107 Å². The van der Waals surface area contributed by atoms with E-state index in [2.05, 4.69) is 5.32 Å². The molecular formula is C18H15N3O5. The third-order valence-corrected chi connectivity index (χ3v) is 3.76. The molecule has 1 amide bonds. The molecule has 8 heteroatoms. The minimum absolute atomic E-state index is 0.261. The van der Waals surface area contributed by atoms with E-state index in [1.54, 1.807) is 12.1 Å². The van der Waals surface area contributed by atoms with Crippen molar-refractivity contribution in [3.05, 3.63) is 98.8 Å². The van der Waals surface area contributed by atoms with E-state index in [0.29, 0.717) is 5.76 Å². The van der Waals surface area contributed by atoms with Crippen molar-refractivity contribution in [2.45, 2.75) is 12.6 Å². The van der Waals surface area contributed by atoms with Gasteiger partial charge in [-0.2, -0.15) is 0 Å². The number of aromatic nitrogens is 1. The van der Waals surface area contributed by atoms with Crippen LogP contribution in [0, 0.1) is 10.1 Å². The molecule has 0 aliphatic carbocycles. The van der Waals surface area contributed by atoms with Gasteiger partial charge in [0.15, 0.2) is 0 Å². The van der Waals surface area contributed by atoms with E-state index >= 15 is 0 Å². The molecule has 8 nitrogen and oxygen atoms in total. The van der Waals surface area contributed by atoms with Crippen molar-refractivity contribution < 1.29 is 14.1 Å². The average molecular weight is 353 g/mol. The third-order valence-electron chi connectivity index (χ3n) is 3.76. The molecule has 0 aliphatic heterocycles. The van der Waals surface area contributed by atoms with Crippen molar-refractivity contribution in [1.29, 1.82) is 0 Å². The predicted molar refractivity (Wildman–Crippen MR) is 92.5 cm³/mol. The van der Waals surface area contributed by atoms with Crippen LogP contribution >= 0.6 is 0 Å². The van der Waals surface area contributed by atoms with Gasteiger partial charge in [0.2, 0.25) is 5.91 Å². The predicted octanol–water partition coefficient (Wildman–Crippen LogP) is 2.26. The van der Waals surface area contributed by atoms with Gasteiger partial charge in [0.1, 0.15) is 18.3 Å². The Bertz CT molecular complexity index is 964. The Morgan fingerprint density at radius 1 is 1.15 bits per heavy atom. The fourth-order valence-corrected chi connectivity index (χ4v) is 2.53. The number of amides is 1. The minimum atomic E-state index is -0.622. The Kier molecular flexibility index (Phi) is 4.93. The minimum Gasteiger partial charge on any atom is -0.467 e. The molecule has 0 fully saturated rings. The van der Waals surface area contributed by atoms with E-state index in [1.807, 2.05) is 30.3 Å². The molecule has 1 N–H and O–H groups in total. The van der Waals surface area contributed by atoms with Gasteiger partial charge in [0.25, 0.3) is 11.2 Å². The lowest BCUT2D eigenvalue weighted by molar-refractivity contribution is -0.385. The van der Waals surface area contributed by atoms with Crippen LogP contribution in [-0.2, 0) is 11.3 Å². The number of nitro groups is 1. The van der Waals surface area contributed by atoms with E-state index in [1.165, 1.54) is 6.26 Å². The maximum Gasteiger partial charge on any atom is 0.285 e. The van der Waals surface area contributed by atoms with Crippen molar-refractivity contribution in [2.75, 3.05) is 0 Å². The molecule has 0 saturated carbocycles. The monoisotopic (exact) mass is 353 g/mol. The summed E-state index contributed by atoms with van der Waals surface area (Å²) in [5, 5.41) is 13.6. The number of furan rings is 1. The van der Waals surface area contributed by atoms with Crippen molar-refractivity contribution in [1.82, 2.24) is 9.88 Å². The van der Waals surface area contributed by atoms with Crippen LogP contribution in [0.25, 0.3) is 0 Å². The quantitative estimate of drug-likeness (QED) is 0.540. The lowest BCUT2D eigenvalue weighted by Crippen LogP contribution is -2.34. The van der Waals surface area contributed by atoms with E-state index in [-0.39, 0.29) is 12.2 Å². The van der Waals surface area contributed by atoms with Gasteiger partial charge in [-0.25, -0.2) is 0 Å². The molecule has 0 radical (unpaired) electrons. The van der Waals surface area contributed by atoms with Crippen LogP contribution in [0.4, 0.5) is 5.69 Å². The summed E-state index contributed by atoms with van der Waals surface area (Å²) in [6, 6.07) is 14.3.